The van der Waals surface area contributed by atoms with Gasteiger partial charge in [0.2, 0.25) is 0 Å². The normalized spacial score (nSPS) is 26.2. The summed E-state index contributed by atoms with van der Waals surface area (Å²) < 4.78 is 5.83. The maximum Gasteiger partial charge on any atom is 0.188 e. The van der Waals surface area contributed by atoms with Crippen molar-refractivity contribution < 1.29 is 4.74 Å². The van der Waals surface area contributed by atoms with Crippen LogP contribution in [0, 0.1) is 11.8 Å². The first-order chi connectivity index (χ1) is 8.15. The minimum Gasteiger partial charge on any atom is -0.378 e. The summed E-state index contributed by atoms with van der Waals surface area (Å²) in [5.74, 6) is 1.64. The summed E-state index contributed by atoms with van der Waals surface area (Å²) in [4.78, 5) is 4.42. The highest BCUT2D eigenvalue weighted by Gasteiger charge is 2.28. The van der Waals surface area contributed by atoms with Crippen LogP contribution < -0.4 is 11.1 Å². The molecule has 1 aliphatic heterocycles. The molecule has 4 heteroatoms. The van der Waals surface area contributed by atoms with Crippen LogP contribution in [-0.2, 0) is 4.74 Å². The first-order valence-electron chi connectivity index (χ1n) is 6.80. The van der Waals surface area contributed by atoms with E-state index in [2.05, 4.69) is 31.1 Å². The molecular formula is C13H27N3O. The molecule has 17 heavy (non-hydrogen) atoms. The number of guanidine groups is 1. The zero-order valence-electron chi connectivity index (χ0n) is 11.4. The minimum absolute atomic E-state index is 0.339. The molecule has 0 aliphatic carbocycles. The molecule has 0 aromatic heterocycles. The average Bonchev–Trinajstić information content (AvgIpc) is 2.34. The van der Waals surface area contributed by atoms with Crippen molar-refractivity contribution in [1.29, 1.82) is 0 Å². The van der Waals surface area contributed by atoms with Crippen LogP contribution >= 0.6 is 0 Å². The van der Waals surface area contributed by atoms with Gasteiger partial charge in [0.05, 0.1) is 6.10 Å². The molecule has 3 N–H and O–H groups in total. The Labute approximate surface area is 105 Å². The van der Waals surface area contributed by atoms with Crippen molar-refractivity contribution in [3.8, 4) is 0 Å². The molecule has 4 nitrogen and oxygen atoms in total. The number of nitrogens with one attached hydrogen (secondary N) is 1. The van der Waals surface area contributed by atoms with Gasteiger partial charge in [-0.2, -0.15) is 0 Å². The first-order valence-corrected chi connectivity index (χ1v) is 6.80. The molecule has 0 aromatic carbocycles. The molecule has 1 heterocycles. The molecule has 0 radical (unpaired) electrons. The first kappa shape index (κ1) is 14.3. The molecule has 1 fully saturated rings. The van der Waals surface area contributed by atoms with E-state index in [0.29, 0.717) is 23.9 Å². The molecule has 0 saturated carbocycles. The Hall–Kier alpha value is -0.770. The van der Waals surface area contributed by atoms with Crippen LogP contribution in [-0.4, -0.2) is 31.8 Å². The van der Waals surface area contributed by atoms with Crippen LogP contribution in [0.3, 0.4) is 0 Å². The van der Waals surface area contributed by atoms with E-state index >= 15 is 0 Å². The maximum atomic E-state index is 5.83. The third-order valence-electron chi connectivity index (χ3n) is 3.20. The lowest BCUT2D eigenvalue weighted by molar-refractivity contribution is -0.0491. The van der Waals surface area contributed by atoms with Gasteiger partial charge in [-0.05, 0) is 25.2 Å². The van der Waals surface area contributed by atoms with Gasteiger partial charge in [-0.25, -0.2) is 0 Å². The number of aliphatic imine (C=N–C) groups is 1. The van der Waals surface area contributed by atoms with Gasteiger partial charge >= 0.3 is 0 Å². The van der Waals surface area contributed by atoms with Crippen molar-refractivity contribution in [3.05, 3.63) is 0 Å². The Morgan fingerprint density at radius 2 is 2.29 bits per heavy atom. The van der Waals surface area contributed by atoms with E-state index in [-0.39, 0.29) is 0 Å². The smallest absolute Gasteiger partial charge is 0.188 e. The topological polar surface area (TPSA) is 59.6 Å². The van der Waals surface area contributed by atoms with Gasteiger partial charge < -0.3 is 15.8 Å². The van der Waals surface area contributed by atoms with Crippen LogP contribution in [0.1, 0.15) is 40.0 Å². The zero-order valence-corrected chi connectivity index (χ0v) is 11.4. The third kappa shape index (κ3) is 4.94. The summed E-state index contributed by atoms with van der Waals surface area (Å²) in [7, 11) is 0. The quantitative estimate of drug-likeness (QED) is 0.569. The van der Waals surface area contributed by atoms with Gasteiger partial charge in [0.15, 0.2) is 5.96 Å². The predicted molar refractivity (Wildman–Crippen MR) is 72.1 cm³/mol. The predicted octanol–water partition coefficient (Wildman–Crippen LogP) is 1.75. The summed E-state index contributed by atoms with van der Waals surface area (Å²) >= 11 is 0. The Morgan fingerprint density at radius 1 is 1.53 bits per heavy atom. The highest BCUT2D eigenvalue weighted by molar-refractivity contribution is 5.77. The fourth-order valence-corrected chi connectivity index (χ4v) is 2.32. The summed E-state index contributed by atoms with van der Waals surface area (Å²) in [5.41, 5.74) is 5.80. The fraction of sp³-hybridized carbons (Fsp3) is 0.923. The fourth-order valence-electron chi connectivity index (χ4n) is 2.32. The molecule has 2 atom stereocenters. The number of nitrogens with zero attached hydrogens (tertiary/aromatic N) is 1. The van der Waals surface area contributed by atoms with Gasteiger partial charge in [0.25, 0.3) is 0 Å². The molecule has 1 aliphatic rings. The zero-order chi connectivity index (χ0) is 12.7. The van der Waals surface area contributed by atoms with Gasteiger partial charge in [-0.15, -0.1) is 0 Å². The van der Waals surface area contributed by atoms with Gasteiger partial charge in [-0.3, -0.25) is 4.99 Å². The van der Waals surface area contributed by atoms with Crippen molar-refractivity contribution in [3.63, 3.8) is 0 Å². The minimum atomic E-state index is 0.339. The highest BCUT2D eigenvalue weighted by atomic mass is 16.5. The number of hydrogen-bond donors (Lipinski definition) is 2. The van der Waals surface area contributed by atoms with Gasteiger partial charge in [0, 0.05) is 25.6 Å². The molecule has 1 rings (SSSR count). The number of rotatable bonds is 5. The molecular weight excluding hydrogens is 214 g/mol. The van der Waals surface area contributed by atoms with E-state index in [9.17, 15) is 0 Å². The van der Waals surface area contributed by atoms with Crippen molar-refractivity contribution in [1.82, 2.24) is 5.32 Å². The van der Waals surface area contributed by atoms with Gasteiger partial charge in [0.1, 0.15) is 0 Å². The molecule has 0 bridgehead atoms. The average molecular weight is 241 g/mol. The molecule has 100 valence electrons. The summed E-state index contributed by atoms with van der Waals surface area (Å²) in [6, 6.07) is 0. The molecule has 1 saturated heterocycles. The van der Waals surface area contributed by atoms with Crippen molar-refractivity contribution in [2.45, 2.75) is 46.1 Å². The summed E-state index contributed by atoms with van der Waals surface area (Å²) in [5, 5.41) is 3.10. The molecule has 0 spiro atoms. The van der Waals surface area contributed by atoms with E-state index in [1.807, 2.05) is 0 Å². The van der Waals surface area contributed by atoms with E-state index in [4.69, 9.17) is 10.5 Å². The lowest BCUT2D eigenvalue weighted by Gasteiger charge is -2.33. The number of ether oxygens (including phenoxy) is 1. The lowest BCUT2D eigenvalue weighted by Crippen LogP contribution is -2.37. The largest absolute Gasteiger partial charge is 0.378 e. The van der Waals surface area contributed by atoms with Crippen LogP contribution in [0.5, 0.6) is 0 Å². The SMILES string of the molecule is CCCNC(N)=NCC1CCCOC1C(C)C. The third-order valence-corrected chi connectivity index (χ3v) is 3.20. The molecule has 0 aromatic rings. The second kappa shape index (κ2) is 7.54. The standard InChI is InChI=1S/C13H27N3O/c1-4-7-15-13(14)16-9-11-6-5-8-17-12(11)10(2)3/h10-12H,4-9H2,1-3H3,(H3,14,15,16). The number of nitrogens with two attached hydrogens (primary N) is 1. The second-order valence-corrected chi connectivity index (χ2v) is 5.13. The summed E-state index contributed by atoms with van der Waals surface area (Å²) in [6.07, 6.45) is 3.75. The van der Waals surface area contributed by atoms with Crippen LogP contribution in [0.2, 0.25) is 0 Å². The van der Waals surface area contributed by atoms with Crippen molar-refractivity contribution in [2.75, 3.05) is 19.7 Å². The Bertz CT molecular complexity index is 241. The monoisotopic (exact) mass is 241 g/mol. The summed E-state index contributed by atoms with van der Waals surface area (Å²) in [6.45, 7) is 9.11. The molecule has 0 amide bonds. The van der Waals surface area contributed by atoms with Crippen LogP contribution in [0.4, 0.5) is 0 Å². The highest BCUT2D eigenvalue weighted by Crippen LogP contribution is 2.26. The lowest BCUT2D eigenvalue weighted by atomic mass is 9.87. The molecule has 2 unspecified atom stereocenters. The maximum absolute atomic E-state index is 5.83. The van der Waals surface area contributed by atoms with Crippen LogP contribution in [0.15, 0.2) is 4.99 Å². The Morgan fingerprint density at radius 3 is 2.94 bits per heavy atom. The van der Waals surface area contributed by atoms with Crippen LogP contribution in [0.25, 0.3) is 0 Å². The van der Waals surface area contributed by atoms with Crippen molar-refractivity contribution in [2.24, 2.45) is 22.6 Å². The van der Waals surface area contributed by atoms with E-state index in [1.54, 1.807) is 0 Å². The Kier molecular flexibility index (Phi) is 6.34. The second-order valence-electron chi connectivity index (χ2n) is 5.13. The number of hydrogen-bond acceptors (Lipinski definition) is 2. The Balaban J connectivity index is 2.42. The van der Waals surface area contributed by atoms with E-state index < -0.39 is 0 Å². The van der Waals surface area contributed by atoms with E-state index in [1.165, 1.54) is 6.42 Å². The van der Waals surface area contributed by atoms with Gasteiger partial charge in [-0.1, -0.05) is 20.8 Å². The van der Waals surface area contributed by atoms with E-state index in [0.717, 1.165) is 32.5 Å². The van der Waals surface area contributed by atoms with Crippen molar-refractivity contribution >= 4 is 5.96 Å².